The first-order valence-corrected chi connectivity index (χ1v) is 6.84. The number of rotatable bonds is 4. The van der Waals surface area contributed by atoms with Gasteiger partial charge in [0.15, 0.2) is 0 Å². The number of phenolic OH excluding ortho intramolecular Hbond substituents is 1. The average molecular weight is 333 g/mol. The van der Waals surface area contributed by atoms with Crippen LogP contribution in [0.2, 0.25) is 5.02 Å². The number of ether oxygens (including phenoxy) is 1. The van der Waals surface area contributed by atoms with Crippen molar-refractivity contribution in [3.05, 3.63) is 53.1 Å². The molecule has 23 heavy (non-hydrogen) atoms. The lowest BCUT2D eigenvalue weighted by atomic mass is 10.2. The third-order valence-electron chi connectivity index (χ3n) is 2.68. The molecule has 0 aliphatic heterocycles. The Bertz CT molecular complexity index is 762. The fourth-order valence-corrected chi connectivity index (χ4v) is 1.73. The summed E-state index contributed by atoms with van der Waals surface area (Å²) in [4.78, 5) is 10.9. The number of hydrogen-bond donors (Lipinski definition) is 2. The molecule has 0 unspecified atom stereocenters. The highest BCUT2D eigenvalue weighted by atomic mass is 35.5. The maximum absolute atomic E-state index is 10.9. The van der Waals surface area contributed by atoms with E-state index in [4.69, 9.17) is 11.6 Å². The van der Waals surface area contributed by atoms with Crippen LogP contribution < -0.4 is 5.43 Å². The van der Waals surface area contributed by atoms with E-state index in [2.05, 4.69) is 25.5 Å². The predicted molar refractivity (Wildman–Crippen MR) is 86.9 cm³/mol. The van der Waals surface area contributed by atoms with Gasteiger partial charge in [0.1, 0.15) is 11.4 Å². The number of nitrogens with zero attached hydrogens (tertiary/aromatic N) is 3. The molecule has 1 amide bonds. The second-order valence-electron chi connectivity index (χ2n) is 4.26. The molecule has 7 nitrogen and oxygen atoms in total. The number of benzene rings is 2. The molecule has 0 aromatic heterocycles. The zero-order chi connectivity index (χ0) is 16.7. The largest absolute Gasteiger partial charge is 0.507 e. The number of aromatic hydroxyl groups is 1. The van der Waals surface area contributed by atoms with Crippen LogP contribution in [0.3, 0.4) is 0 Å². The van der Waals surface area contributed by atoms with Crippen molar-refractivity contribution in [3.8, 4) is 5.75 Å². The maximum Gasteiger partial charge on any atom is 0.427 e. The SMILES string of the molecule is COC(=O)N/N=C\c1cc(N=Nc2ccccc2Cl)ccc1O. The fraction of sp³-hybridized carbons (Fsp3) is 0.0667. The predicted octanol–water partition coefficient (Wildman–Crippen LogP) is 4.15. The minimum atomic E-state index is -0.713. The van der Waals surface area contributed by atoms with Crippen LogP contribution in [0.5, 0.6) is 5.75 Å². The molecule has 0 fully saturated rings. The highest BCUT2D eigenvalue weighted by Crippen LogP contribution is 2.27. The van der Waals surface area contributed by atoms with Gasteiger partial charge in [-0.2, -0.15) is 10.2 Å². The fourth-order valence-electron chi connectivity index (χ4n) is 1.55. The van der Waals surface area contributed by atoms with Gasteiger partial charge in [0.25, 0.3) is 0 Å². The summed E-state index contributed by atoms with van der Waals surface area (Å²) in [6, 6.07) is 11.6. The standard InChI is InChI=1S/C15H13ClN4O3/c1-23-15(22)20-17-9-10-8-11(6-7-14(10)21)18-19-13-5-3-2-4-12(13)16/h2-9,21H,1H3,(H,20,22)/b17-9-,19-18?. The molecule has 0 radical (unpaired) electrons. The number of carbonyl (C=O) groups is 1. The Hall–Kier alpha value is -2.93. The third kappa shape index (κ3) is 4.79. The lowest BCUT2D eigenvalue weighted by molar-refractivity contribution is 0.171. The topological polar surface area (TPSA) is 95.6 Å². The minimum Gasteiger partial charge on any atom is -0.507 e. The smallest absolute Gasteiger partial charge is 0.427 e. The minimum absolute atomic E-state index is 0.0166. The van der Waals surface area contributed by atoms with Gasteiger partial charge in [0.05, 0.1) is 24.0 Å². The van der Waals surface area contributed by atoms with E-state index in [0.29, 0.717) is 22.0 Å². The molecule has 8 heteroatoms. The number of amides is 1. The first-order valence-electron chi connectivity index (χ1n) is 6.46. The Morgan fingerprint density at radius 2 is 2.04 bits per heavy atom. The molecule has 0 atom stereocenters. The summed E-state index contributed by atoms with van der Waals surface area (Å²) in [5.74, 6) is -0.0166. The molecule has 2 aromatic rings. The molecular weight excluding hydrogens is 320 g/mol. The highest BCUT2D eigenvalue weighted by molar-refractivity contribution is 6.32. The van der Waals surface area contributed by atoms with Gasteiger partial charge in [-0.05, 0) is 30.3 Å². The van der Waals surface area contributed by atoms with Crippen LogP contribution in [0.1, 0.15) is 5.56 Å². The molecule has 2 N–H and O–H groups in total. The van der Waals surface area contributed by atoms with Crippen LogP contribution in [-0.2, 0) is 4.74 Å². The summed E-state index contributed by atoms with van der Waals surface area (Å²) in [5, 5.41) is 22.0. The molecule has 0 aliphatic rings. The quantitative estimate of drug-likeness (QED) is 0.500. The van der Waals surface area contributed by atoms with Gasteiger partial charge in [0.2, 0.25) is 0 Å². The van der Waals surface area contributed by atoms with Gasteiger partial charge in [-0.15, -0.1) is 5.11 Å². The Kier molecular flexibility index (Phi) is 5.65. The van der Waals surface area contributed by atoms with Gasteiger partial charge < -0.3 is 9.84 Å². The van der Waals surface area contributed by atoms with E-state index in [1.165, 1.54) is 19.4 Å². The first kappa shape index (κ1) is 16.4. The number of halogens is 1. The average Bonchev–Trinajstić information content (AvgIpc) is 2.56. The van der Waals surface area contributed by atoms with Gasteiger partial charge in [-0.3, -0.25) is 0 Å². The van der Waals surface area contributed by atoms with Crippen molar-refractivity contribution in [2.24, 2.45) is 15.3 Å². The molecule has 0 aliphatic carbocycles. The summed E-state index contributed by atoms with van der Waals surface area (Å²) < 4.78 is 4.37. The Labute approximate surface area is 137 Å². The van der Waals surface area contributed by atoms with Crippen molar-refractivity contribution in [1.29, 1.82) is 0 Å². The second-order valence-corrected chi connectivity index (χ2v) is 4.66. The van der Waals surface area contributed by atoms with Crippen LogP contribution in [0.4, 0.5) is 16.2 Å². The van der Waals surface area contributed by atoms with E-state index in [1.807, 2.05) is 0 Å². The van der Waals surface area contributed by atoms with Crippen molar-refractivity contribution >= 4 is 35.3 Å². The number of hydrazone groups is 1. The number of phenols is 1. The van der Waals surface area contributed by atoms with E-state index in [-0.39, 0.29) is 5.75 Å². The number of hydrogen-bond acceptors (Lipinski definition) is 6. The molecule has 0 saturated carbocycles. The summed E-state index contributed by atoms with van der Waals surface area (Å²) >= 11 is 5.99. The first-order chi connectivity index (χ1) is 11.1. The summed E-state index contributed by atoms with van der Waals surface area (Å²) in [7, 11) is 1.22. The van der Waals surface area contributed by atoms with Crippen LogP contribution in [0.25, 0.3) is 0 Å². The van der Waals surface area contributed by atoms with Crippen molar-refractivity contribution < 1.29 is 14.6 Å². The molecule has 0 heterocycles. The normalized spacial score (nSPS) is 11.0. The molecule has 2 aromatic carbocycles. The lowest BCUT2D eigenvalue weighted by Gasteiger charge is -2.01. The number of methoxy groups -OCH3 is 1. The van der Waals surface area contributed by atoms with Crippen LogP contribution >= 0.6 is 11.6 Å². The molecule has 0 saturated heterocycles. The zero-order valence-corrected chi connectivity index (χ0v) is 12.9. The van der Waals surface area contributed by atoms with E-state index < -0.39 is 6.09 Å². The van der Waals surface area contributed by atoms with Gasteiger partial charge >= 0.3 is 6.09 Å². The zero-order valence-electron chi connectivity index (χ0n) is 12.1. The van der Waals surface area contributed by atoms with Crippen LogP contribution in [0.15, 0.2) is 57.8 Å². The summed E-state index contributed by atoms with van der Waals surface area (Å²) in [5.41, 5.74) is 3.50. The Morgan fingerprint density at radius 1 is 1.26 bits per heavy atom. The molecule has 0 spiro atoms. The second kappa shape index (κ2) is 7.90. The molecule has 118 valence electrons. The van der Waals surface area contributed by atoms with Crippen LogP contribution in [0, 0.1) is 0 Å². The van der Waals surface area contributed by atoms with E-state index >= 15 is 0 Å². The Morgan fingerprint density at radius 3 is 2.78 bits per heavy atom. The van der Waals surface area contributed by atoms with Gasteiger partial charge in [0, 0.05) is 5.56 Å². The molecular formula is C15H13ClN4O3. The molecule has 0 bridgehead atoms. The third-order valence-corrected chi connectivity index (χ3v) is 3.00. The van der Waals surface area contributed by atoms with Crippen molar-refractivity contribution in [2.75, 3.05) is 7.11 Å². The summed E-state index contributed by atoms with van der Waals surface area (Å²) in [6.07, 6.45) is 0.552. The maximum atomic E-state index is 10.9. The highest BCUT2D eigenvalue weighted by Gasteiger charge is 2.02. The van der Waals surface area contributed by atoms with Crippen molar-refractivity contribution in [2.45, 2.75) is 0 Å². The number of carbonyl (C=O) groups excluding carboxylic acids is 1. The van der Waals surface area contributed by atoms with E-state index in [0.717, 1.165) is 0 Å². The Balaban J connectivity index is 2.17. The number of azo groups is 1. The molecule has 2 rings (SSSR count). The lowest BCUT2D eigenvalue weighted by Crippen LogP contribution is -2.16. The summed E-state index contributed by atoms with van der Waals surface area (Å²) in [6.45, 7) is 0. The van der Waals surface area contributed by atoms with E-state index in [9.17, 15) is 9.90 Å². The van der Waals surface area contributed by atoms with Gasteiger partial charge in [-0.1, -0.05) is 23.7 Å². The van der Waals surface area contributed by atoms with Crippen molar-refractivity contribution in [1.82, 2.24) is 5.43 Å². The van der Waals surface area contributed by atoms with Gasteiger partial charge in [-0.25, -0.2) is 10.2 Å². The monoisotopic (exact) mass is 332 g/mol. The number of nitrogens with one attached hydrogen (secondary N) is 1. The van der Waals surface area contributed by atoms with E-state index in [1.54, 1.807) is 36.4 Å². The van der Waals surface area contributed by atoms with Crippen molar-refractivity contribution in [3.63, 3.8) is 0 Å². The van der Waals surface area contributed by atoms with Crippen LogP contribution in [-0.4, -0.2) is 24.5 Å².